The van der Waals surface area contributed by atoms with Gasteiger partial charge in [-0.3, -0.25) is 14.5 Å². The van der Waals surface area contributed by atoms with Crippen LogP contribution in [0.1, 0.15) is 26.7 Å². The Hall–Kier alpha value is -1.20. The average Bonchev–Trinajstić information content (AvgIpc) is 2.46. The van der Waals surface area contributed by atoms with Crippen molar-refractivity contribution in [1.29, 1.82) is 0 Å². The van der Waals surface area contributed by atoms with Crippen LogP contribution in [-0.4, -0.2) is 66.4 Å². The van der Waals surface area contributed by atoms with Gasteiger partial charge >= 0.3 is 0 Å². The zero-order chi connectivity index (χ0) is 15.8. The third-order valence-electron chi connectivity index (χ3n) is 3.80. The van der Waals surface area contributed by atoms with Crippen LogP contribution in [0.25, 0.3) is 0 Å². The number of carbonyl (C=O) groups is 2. The number of hydrogen-bond acceptors (Lipinski definition) is 4. The molecule has 1 atom stereocenters. The molecule has 0 radical (unpaired) electrons. The first-order chi connectivity index (χ1) is 9.93. The normalized spacial score (nSPS) is 19.7. The Labute approximate surface area is 127 Å². The summed E-state index contributed by atoms with van der Waals surface area (Å²) in [6.45, 7) is 6.26. The van der Waals surface area contributed by atoms with E-state index >= 15 is 0 Å². The molecule has 1 rings (SSSR count). The van der Waals surface area contributed by atoms with E-state index in [-0.39, 0.29) is 30.1 Å². The van der Waals surface area contributed by atoms with Gasteiger partial charge in [-0.1, -0.05) is 19.9 Å². The Balaban J connectivity index is 2.35. The van der Waals surface area contributed by atoms with Gasteiger partial charge in [0.2, 0.25) is 5.91 Å². The molecule has 1 saturated heterocycles. The van der Waals surface area contributed by atoms with Crippen molar-refractivity contribution in [3.63, 3.8) is 0 Å². The highest BCUT2D eigenvalue weighted by Gasteiger charge is 2.23. The lowest BCUT2D eigenvalue weighted by Crippen LogP contribution is -2.45. The maximum atomic E-state index is 12.2. The molecule has 1 amide bonds. The van der Waals surface area contributed by atoms with Crippen LogP contribution >= 0.6 is 0 Å². The smallest absolute Gasteiger partial charge is 0.236 e. The maximum absolute atomic E-state index is 12.2. The highest BCUT2D eigenvalue weighted by Crippen LogP contribution is 2.15. The lowest BCUT2D eigenvalue weighted by atomic mass is 9.99. The van der Waals surface area contributed by atoms with E-state index in [4.69, 9.17) is 0 Å². The Morgan fingerprint density at radius 2 is 2.14 bits per heavy atom. The van der Waals surface area contributed by atoms with Crippen molar-refractivity contribution >= 4 is 11.7 Å². The van der Waals surface area contributed by atoms with E-state index in [9.17, 15) is 14.7 Å². The molecular weight excluding hydrogens is 268 g/mol. The molecule has 21 heavy (non-hydrogen) atoms. The van der Waals surface area contributed by atoms with E-state index in [1.54, 1.807) is 6.08 Å². The SMILES string of the molecule is CC(C)C(=O)/C=C/CN(C)CC(=O)N1CCCC(CO)C1. The third-order valence-corrected chi connectivity index (χ3v) is 3.80. The van der Waals surface area contributed by atoms with Gasteiger partial charge < -0.3 is 10.0 Å². The molecule has 5 nitrogen and oxygen atoms in total. The Morgan fingerprint density at radius 3 is 2.76 bits per heavy atom. The molecule has 1 fully saturated rings. The lowest BCUT2D eigenvalue weighted by molar-refractivity contribution is -0.134. The van der Waals surface area contributed by atoms with E-state index in [0.29, 0.717) is 19.6 Å². The van der Waals surface area contributed by atoms with Gasteiger partial charge in [-0.15, -0.1) is 0 Å². The van der Waals surface area contributed by atoms with Crippen LogP contribution in [0.15, 0.2) is 12.2 Å². The third kappa shape index (κ3) is 6.40. The van der Waals surface area contributed by atoms with Crippen LogP contribution in [0, 0.1) is 11.8 Å². The van der Waals surface area contributed by atoms with Crippen LogP contribution in [0.3, 0.4) is 0 Å². The summed E-state index contributed by atoms with van der Waals surface area (Å²) in [7, 11) is 1.87. The molecule has 0 aliphatic carbocycles. The zero-order valence-corrected chi connectivity index (χ0v) is 13.4. The van der Waals surface area contributed by atoms with Gasteiger partial charge in [0.15, 0.2) is 5.78 Å². The number of aliphatic hydroxyl groups is 1. The minimum atomic E-state index is 0.0111. The highest BCUT2D eigenvalue weighted by atomic mass is 16.3. The number of likely N-dealkylation sites (N-methyl/N-ethyl adjacent to an activating group) is 1. The van der Waals surface area contributed by atoms with Gasteiger partial charge in [0.1, 0.15) is 0 Å². The van der Waals surface area contributed by atoms with Gasteiger partial charge in [0.05, 0.1) is 6.54 Å². The Kier molecular flexibility index (Phi) is 7.61. The summed E-state index contributed by atoms with van der Waals surface area (Å²) in [5, 5.41) is 9.20. The van der Waals surface area contributed by atoms with E-state index in [0.717, 1.165) is 19.4 Å². The summed E-state index contributed by atoms with van der Waals surface area (Å²) in [5.41, 5.74) is 0. The predicted molar refractivity (Wildman–Crippen MR) is 82.9 cm³/mol. The molecule has 0 aromatic heterocycles. The second-order valence-electron chi connectivity index (χ2n) is 6.19. The number of rotatable bonds is 7. The summed E-state index contributed by atoms with van der Waals surface area (Å²) in [5.74, 6) is 0.435. The molecular formula is C16H28N2O3. The average molecular weight is 296 g/mol. The van der Waals surface area contributed by atoms with E-state index in [2.05, 4.69) is 0 Å². The van der Waals surface area contributed by atoms with Crippen LogP contribution in [-0.2, 0) is 9.59 Å². The molecule has 0 spiro atoms. The number of allylic oxidation sites excluding steroid dienone is 1. The molecule has 120 valence electrons. The number of ketones is 1. The van der Waals surface area contributed by atoms with Crippen LogP contribution in [0.4, 0.5) is 0 Å². The Morgan fingerprint density at radius 1 is 1.43 bits per heavy atom. The molecule has 1 aliphatic heterocycles. The van der Waals surface area contributed by atoms with E-state index in [1.807, 2.05) is 36.8 Å². The van der Waals surface area contributed by atoms with E-state index in [1.165, 1.54) is 0 Å². The number of aliphatic hydroxyl groups excluding tert-OH is 1. The standard InChI is InChI=1S/C16H28N2O3/c1-13(2)15(20)7-5-8-17(3)11-16(21)18-9-4-6-14(10-18)12-19/h5,7,13-14,19H,4,6,8-12H2,1-3H3/b7-5+. The first kappa shape index (κ1) is 17.9. The molecule has 5 heteroatoms. The second kappa shape index (κ2) is 8.95. The predicted octanol–water partition coefficient (Wildman–Crippen LogP) is 0.930. The summed E-state index contributed by atoms with van der Waals surface area (Å²) in [6.07, 6.45) is 5.36. The fourth-order valence-corrected chi connectivity index (χ4v) is 2.38. The first-order valence-electron chi connectivity index (χ1n) is 7.71. The lowest BCUT2D eigenvalue weighted by Gasteiger charge is -2.32. The number of nitrogens with zero attached hydrogens (tertiary/aromatic N) is 2. The summed E-state index contributed by atoms with van der Waals surface area (Å²) >= 11 is 0. The van der Waals surface area contributed by atoms with Crippen LogP contribution in [0.2, 0.25) is 0 Å². The fourth-order valence-electron chi connectivity index (χ4n) is 2.38. The second-order valence-corrected chi connectivity index (χ2v) is 6.19. The van der Waals surface area contributed by atoms with Crippen molar-refractivity contribution in [2.24, 2.45) is 11.8 Å². The monoisotopic (exact) mass is 296 g/mol. The van der Waals surface area contributed by atoms with Crippen molar-refractivity contribution in [2.75, 3.05) is 39.8 Å². The fraction of sp³-hybridized carbons (Fsp3) is 0.750. The van der Waals surface area contributed by atoms with Gasteiger partial charge in [0.25, 0.3) is 0 Å². The highest BCUT2D eigenvalue weighted by molar-refractivity contribution is 5.91. The molecule has 0 saturated carbocycles. The number of amides is 1. The minimum absolute atomic E-state index is 0.0111. The van der Waals surface area contributed by atoms with Crippen molar-refractivity contribution < 1.29 is 14.7 Å². The van der Waals surface area contributed by atoms with Crippen molar-refractivity contribution in [2.45, 2.75) is 26.7 Å². The topological polar surface area (TPSA) is 60.9 Å². The number of piperidine rings is 1. The molecule has 1 aliphatic rings. The molecule has 0 aromatic carbocycles. The number of likely N-dealkylation sites (tertiary alicyclic amines) is 1. The summed E-state index contributed by atoms with van der Waals surface area (Å²) in [4.78, 5) is 27.4. The molecule has 0 bridgehead atoms. The molecule has 1 unspecified atom stereocenters. The maximum Gasteiger partial charge on any atom is 0.236 e. The quantitative estimate of drug-likeness (QED) is 0.710. The van der Waals surface area contributed by atoms with Crippen molar-refractivity contribution in [3.8, 4) is 0 Å². The number of carbonyl (C=O) groups excluding carboxylic acids is 2. The van der Waals surface area contributed by atoms with Crippen LogP contribution in [0.5, 0.6) is 0 Å². The molecule has 1 N–H and O–H groups in total. The van der Waals surface area contributed by atoms with Gasteiger partial charge in [-0.05, 0) is 31.9 Å². The largest absolute Gasteiger partial charge is 0.396 e. The number of hydrogen-bond donors (Lipinski definition) is 1. The Bertz CT molecular complexity index is 380. The van der Waals surface area contributed by atoms with E-state index < -0.39 is 0 Å². The van der Waals surface area contributed by atoms with Crippen molar-refractivity contribution in [3.05, 3.63) is 12.2 Å². The van der Waals surface area contributed by atoms with Gasteiger partial charge in [-0.2, -0.15) is 0 Å². The van der Waals surface area contributed by atoms with Crippen molar-refractivity contribution in [1.82, 2.24) is 9.80 Å². The molecule has 0 aromatic rings. The zero-order valence-electron chi connectivity index (χ0n) is 13.4. The van der Waals surface area contributed by atoms with Gasteiger partial charge in [0, 0.05) is 32.2 Å². The summed E-state index contributed by atoms with van der Waals surface area (Å²) < 4.78 is 0. The molecule has 1 heterocycles. The van der Waals surface area contributed by atoms with Gasteiger partial charge in [-0.25, -0.2) is 0 Å². The first-order valence-corrected chi connectivity index (χ1v) is 7.71. The van der Waals surface area contributed by atoms with Crippen LogP contribution < -0.4 is 0 Å². The minimum Gasteiger partial charge on any atom is -0.396 e. The summed E-state index contributed by atoms with van der Waals surface area (Å²) in [6, 6.07) is 0.